The Morgan fingerprint density at radius 3 is 2.31 bits per heavy atom. The first-order chi connectivity index (χ1) is 16.9. The molecule has 0 saturated heterocycles. The van der Waals surface area contributed by atoms with Crippen LogP contribution in [0.1, 0.15) is 22.8 Å². The van der Waals surface area contributed by atoms with Crippen molar-refractivity contribution in [1.82, 2.24) is 5.43 Å². The van der Waals surface area contributed by atoms with Gasteiger partial charge in [-0.25, -0.2) is 14.6 Å². The lowest BCUT2D eigenvalue weighted by molar-refractivity contribution is -0.136. The van der Waals surface area contributed by atoms with Gasteiger partial charge in [0, 0.05) is 5.69 Å². The molecule has 10 heteroatoms. The fraction of sp³-hybridized carbons (Fsp3) is 0.120. The van der Waals surface area contributed by atoms with Crippen LogP contribution in [0.2, 0.25) is 0 Å². The van der Waals surface area contributed by atoms with Crippen molar-refractivity contribution in [1.29, 1.82) is 0 Å². The maximum atomic E-state index is 12.9. The Labute approximate surface area is 200 Å². The molecule has 0 aliphatic carbocycles. The normalized spacial score (nSPS) is 10.5. The molecular formula is C25H22FN3O6. The van der Waals surface area contributed by atoms with Crippen LogP contribution in [0.3, 0.4) is 0 Å². The summed E-state index contributed by atoms with van der Waals surface area (Å²) >= 11 is 0. The van der Waals surface area contributed by atoms with Crippen LogP contribution in [0.5, 0.6) is 17.2 Å². The van der Waals surface area contributed by atoms with Gasteiger partial charge >= 0.3 is 17.8 Å². The summed E-state index contributed by atoms with van der Waals surface area (Å²) in [5.41, 5.74) is 3.21. The largest absolute Gasteiger partial charge is 0.497 e. The summed E-state index contributed by atoms with van der Waals surface area (Å²) in [6.07, 6.45) is 1.29. The number of hydrogen-bond donors (Lipinski definition) is 2. The molecule has 0 fully saturated rings. The number of anilines is 1. The van der Waals surface area contributed by atoms with Gasteiger partial charge in [0.05, 0.1) is 25.5 Å². The summed E-state index contributed by atoms with van der Waals surface area (Å²) in [5.74, 6) is -1.92. The standard InChI is InChI=1S/C25H22FN3O6/c1-3-34-22-14-16(4-13-21(22)35-25(32)17-5-11-20(33-2)12-6-17)15-27-29-24(31)23(30)28-19-9-7-18(26)8-10-19/h4-15H,3H2,1-2H3,(H,28,30)(H,29,31)/b27-15-. The van der Waals surface area contributed by atoms with Crippen molar-refractivity contribution in [3.63, 3.8) is 0 Å². The third kappa shape index (κ3) is 7.13. The van der Waals surface area contributed by atoms with E-state index in [0.29, 0.717) is 29.2 Å². The van der Waals surface area contributed by atoms with E-state index < -0.39 is 23.6 Å². The molecule has 0 aromatic heterocycles. The predicted molar refractivity (Wildman–Crippen MR) is 126 cm³/mol. The molecule has 0 radical (unpaired) electrons. The van der Waals surface area contributed by atoms with Crippen molar-refractivity contribution >= 4 is 29.7 Å². The quantitative estimate of drug-likeness (QED) is 0.168. The highest BCUT2D eigenvalue weighted by Crippen LogP contribution is 2.29. The van der Waals surface area contributed by atoms with Crippen LogP contribution >= 0.6 is 0 Å². The maximum Gasteiger partial charge on any atom is 0.343 e. The molecule has 0 unspecified atom stereocenters. The average molecular weight is 479 g/mol. The van der Waals surface area contributed by atoms with Crippen molar-refractivity contribution < 1.29 is 33.0 Å². The second-order valence-electron chi connectivity index (χ2n) is 6.92. The molecule has 3 aromatic carbocycles. The number of carbonyl (C=O) groups excluding carboxylic acids is 3. The molecule has 0 saturated carbocycles. The van der Waals surface area contributed by atoms with E-state index in [0.717, 1.165) is 12.1 Å². The number of halogens is 1. The van der Waals surface area contributed by atoms with Gasteiger partial charge in [0.2, 0.25) is 0 Å². The fourth-order valence-electron chi connectivity index (χ4n) is 2.78. The Hall–Kier alpha value is -4.73. The molecule has 3 aromatic rings. The second-order valence-corrected chi connectivity index (χ2v) is 6.92. The lowest BCUT2D eigenvalue weighted by atomic mass is 10.2. The number of amides is 2. The first kappa shape index (κ1) is 24.9. The Kier molecular flexibility index (Phi) is 8.49. The van der Waals surface area contributed by atoms with Gasteiger partial charge in [0.25, 0.3) is 0 Å². The molecule has 0 aliphatic heterocycles. The molecular weight excluding hydrogens is 457 g/mol. The van der Waals surface area contributed by atoms with Crippen molar-refractivity contribution in [2.45, 2.75) is 6.92 Å². The molecule has 0 atom stereocenters. The van der Waals surface area contributed by atoms with Crippen LogP contribution in [-0.2, 0) is 9.59 Å². The first-order valence-corrected chi connectivity index (χ1v) is 10.4. The molecule has 3 rings (SSSR count). The van der Waals surface area contributed by atoms with Gasteiger partial charge in [0.15, 0.2) is 11.5 Å². The van der Waals surface area contributed by atoms with Gasteiger partial charge in [-0.1, -0.05) is 0 Å². The predicted octanol–water partition coefficient (Wildman–Crippen LogP) is 3.54. The zero-order chi connectivity index (χ0) is 25.2. The molecule has 2 N–H and O–H groups in total. The van der Waals surface area contributed by atoms with Crippen molar-refractivity contribution in [2.75, 3.05) is 19.0 Å². The topological polar surface area (TPSA) is 115 Å². The van der Waals surface area contributed by atoms with Crippen LogP contribution in [0.15, 0.2) is 71.8 Å². The van der Waals surface area contributed by atoms with Crippen molar-refractivity contribution in [3.8, 4) is 17.2 Å². The van der Waals surface area contributed by atoms with E-state index in [-0.39, 0.29) is 11.4 Å². The second kappa shape index (κ2) is 11.9. The average Bonchev–Trinajstić information content (AvgIpc) is 2.87. The highest BCUT2D eigenvalue weighted by atomic mass is 19.1. The number of ether oxygens (including phenoxy) is 3. The summed E-state index contributed by atoms with van der Waals surface area (Å²) in [4.78, 5) is 36.3. The van der Waals surface area contributed by atoms with Gasteiger partial charge in [-0.05, 0) is 79.2 Å². The zero-order valence-corrected chi connectivity index (χ0v) is 18.9. The highest BCUT2D eigenvalue weighted by Gasteiger charge is 2.15. The Bertz CT molecular complexity index is 1230. The van der Waals surface area contributed by atoms with Crippen molar-refractivity contribution in [2.24, 2.45) is 5.10 Å². The summed E-state index contributed by atoms with van der Waals surface area (Å²) in [5, 5.41) is 6.08. The monoisotopic (exact) mass is 479 g/mol. The van der Waals surface area contributed by atoms with Gasteiger partial charge < -0.3 is 19.5 Å². The Balaban J connectivity index is 1.62. The number of methoxy groups -OCH3 is 1. The lowest BCUT2D eigenvalue weighted by Crippen LogP contribution is -2.32. The highest BCUT2D eigenvalue weighted by molar-refractivity contribution is 6.39. The smallest absolute Gasteiger partial charge is 0.343 e. The van der Waals surface area contributed by atoms with Gasteiger partial charge in [-0.3, -0.25) is 9.59 Å². The molecule has 0 bridgehead atoms. The van der Waals surface area contributed by atoms with Gasteiger partial charge in [0.1, 0.15) is 11.6 Å². The van der Waals surface area contributed by atoms with E-state index in [9.17, 15) is 18.8 Å². The summed E-state index contributed by atoms with van der Waals surface area (Å²) in [7, 11) is 1.53. The summed E-state index contributed by atoms with van der Waals surface area (Å²) in [6, 6.07) is 16.1. The zero-order valence-electron chi connectivity index (χ0n) is 18.9. The molecule has 0 spiro atoms. The number of carbonyl (C=O) groups is 3. The Morgan fingerprint density at radius 1 is 0.943 bits per heavy atom. The third-order valence-corrected chi connectivity index (χ3v) is 4.48. The fourth-order valence-corrected chi connectivity index (χ4v) is 2.78. The number of benzene rings is 3. The molecule has 35 heavy (non-hydrogen) atoms. The minimum Gasteiger partial charge on any atom is -0.497 e. The van der Waals surface area contributed by atoms with Crippen LogP contribution in [-0.4, -0.2) is 37.7 Å². The lowest BCUT2D eigenvalue weighted by Gasteiger charge is -2.11. The van der Waals surface area contributed by atoms with Crippen molar-refractivity contribution in [3.05, 3.63) is 83.7 Å². The number of hydrogen-bond acceptors (Lipinski definition) is 7. The van der Waals surface area contributed by atoms with E-state index in [4.69, 9.17) is 14.2 Å². The van der Waals surface area contributed by atoms with Gasteiger partial charge in [-0.2, -0.15) is 5.10 Å². The number of esters is 1. The molecule has 9 nitrogen and oxygen atoms in total. The SMILES string of the molecule is CCOc1cc(/C=N\NC(=O)C(=O)Nc2ccc(F)cc2)ccc1OC(=O)c1ccc(OC)cc1. The maximum absolute atomic E-state index is 12.9. The number of nitrogens with zero attached hydrogens (tertiary/aromatic N) is 1. The van der Waals surface area contributed by atoms with Crippen LogP contribution in [0, 0.1) is 5.82 Å². The Morgan fingerprint density at radius 2 is 1.66 bits per heavy atom. The van der Waals surface area contributed by atoms with Gasteiger partial charge in [-0.15, -0.1) is 0 Å². The molecule has 0 aliphatic rings. The minimum absolute atomic E-state index is 0.201. The van der Waals surface area contributed by atoms with Crippen LogP contribution < -0.4 is 25.0 Å². The first-order valence-electron chi connectivity index (χ1n) is 10.4. The number of rotatable bonds is 8. The van der Waals surface area contributed by atoms with E-state index >= 15 is 0 Å². The summed E-state index contributed by atoms with van der Waals surface area (Å²) in [6.45, 7) is 2.09. The summed E-state index contributed by atoms with van der Waals surface area (Å²) < 4.78 is 29.0. The van der Waals surface area contributed by atoms with E-state index in [1.54, 1.807) is 43.3 Å². The molecule has 2 amide bonds. The minimum atomic E-state index is -1.01. The molecule has 0 heterocycles. The number of hydrazone groups is 1. The van der Waals surface area contributed by atoms with E-state index in [1.165, 1.54) is 31.5 Å². The number of nitrogens with one attached hydrogen (secondary N) is 2. The van der Waals surface area contributed by atoms with E-state index in [1.807, 2.05) is 0 Å². The van der Waals surface area contributed by atoms with Crippen LogP contribution in [0.4, 0.5) is 10.1 Å². The van der Waals surface area contributed by atoms with Crippen LogP contribution in [0.25, 0.3) is 0 Å². The third-order valence-electron chi connectivity index (χ3n) is 4.48. The molecule has 180 valence electrons. The van der Waals surface area contributed by atoms with E-state index in [2.05, 4.69) is 15.8 Å².